The van der Waals surface area contributed by atoms with E-state index in [0.717, 1.165) is 25.7 Å². The lowest BCUT2D eigenvalue weighted by atomic mass is 10.0. The van der Waals surface area contributed by atoms with Crippen LogP contribution in [0.5, 0.6) is 11.5 Å². The van der Waals surface area contributed by atoms with Crippen LogP contribution in [0.1, 0.15) is 232 Å². The predicted octanol–water partition coefficient (Wildman–Crippen LogP) is 15.3. The summed E-state index contributed by atoms with van der Waals surface area (Å²) in [5, 5.41) is 19.5. The van der Waals surface area contributed by atoms with E-state index in [1.165, 1.54) is 202 Å². The first-order chi connectivity index (χ1) is 38.2. The quantitative estimate of drug-likeness (QED) is 0.0474. The van der Waals surface area contributed by atoms with Crippen LogP contribution in [0, 0.1) is 0 Å². The van der Waals surface area contributed by atoms with Gasteiger partial charge in [-0.25, -0.2) is 0 Å². The SMILES string of the molecule is CCCCCCCCCCCCCCCCCCCOCCOC(=O)CN(CC(=O)O)c1ccccc1OCCOc1ccccc1N(CC(=O)O)CC(=O)OCCOCCCCCCCCCCCCCCCCCCC. The number of carbonyl (C=O) groups excluding carboxylic acids is 2. The second-order valence-corrected chi connectivity index (χ2v) is 21.1. The average molecular weight is 1100 g/mol. The molecule has 0 bridgehead atoms. The molecule has 0 unspecified atom stereocenters. The number of esters is 2. The van der Waals surface area contributed by atoms with Gasteiger partial charge >= 0.3 is 23.9 Å². The Bertz CT molecular complexity index is 1640. The van der Waals surface area contributed by atoms with Gasteiger partial charge in [-0.15, -0.1) is 0 Å². The normalized spacial score (nSPS) is 11.2. The highest BCUT2D eigenvalue weighted by molar-refractivity contribution is 5.82. The fourth-order valence-corrected chi connectivity index (χ4v) is 9.66. The first kappa shape index (κ1) is 69.5. The third kappa shape index (κ3) is 39.7. The Labute approximate surface area is 472 Å². The minimum Gasteiger partial charge on any atom is -0.488 e. The molecule has 0 fully saturated rings. The van der Waals surface area contributed by atoms with E-state index in [1.54, 1.807) is 48.5 Å². The lowest BCUT2D eigenvalue weighted by Gasteiger charge is -2.25. The van der Waals surface area contributed by atoms with E-state index in [-0.39, 0.29) is 52.7 Å². The van der Waals surface area contributed by atoms with Gasteiger partial charge in [0.2, 0.25) is 0 Å². The molecule has 446 valence electrons. The third-order valence-corrected chi connectivity index (χ3v) is 14.1. The molecule has 14 nitrogen and oxygen atoms in total. The van der Waals surface area contributed by atoms with Crippen LogP contribution in [0.25, 0.3) is 0 Å². The van der Waals surface area contributed by atoms with Crippen molar-refractivity contribution in [3.8, 4) is 11.5 Å². The van der Waals surface area contributed by atoms with Crippen LogP contribution in [-0.4, -0.2) is 113 Å². The molecule has 0 aliphatic heterocycles. The van der Waals surface area contributed by atoms with Crippen molar-refractivity contribution in [1.29, 1.82) is 0 Å². The summed E-state index contributed by atoms with van der Waals surface area (Å²) < 4.78 is 34.3. The van der Waals surface area contributed by atoms with Crippen molar-refractivity contribution in [1.82, 2.24) is 0 Å². The number of carbonyl (C=O) groups is 4. The van der Waals surface area contributed by atoms with Crippen LogP contribution in [-0.2, 0) is 38.1 Å². The molecule has 0 aliphatic carbocycles. The van der Waals surface area contributed by atoms with Crippen molar-refractivity contribution in [2.24, 2.45) is 0 Å². The van der Waals surface area contributed by atoms with Gasteiger partial charge in [-0.1, -0.05) is 244 Å². The number of para-hydroxylation sites is 4. The van der Waals surface area contributed by atoms with Crippen LogP contribution in [0.2, 0.25) is 0 Å². The first-order valence-corrected chi connectivity index (χ1v) is 31.1. The lowest BCUT2D eigenvalue weighted by molar-refractivity contribution is -0.144. The molecule has 78 heavy (non-hydrogen) atoms. The molecule has 0 aromatic heterocycles. The van der Waals surface area contributed by atoms with Gasteiger partial charge in [-0.2, -0.15) is 0 Å². The molecule has 2 N–H and O–H groups in total. The maximum atomic E-state index is 12.9. The van der Waals surface area contributed by atoms with Gasteiger partial charge in [0.05, 0.1) is 24.6 Å². The average Bonchev–Trinajstić information content (AvgIpc) is 3.43. The highest BCUT2D eigenvalue weighted by Gasteiger charge is 2.21. The van der Waals surface area contributed by atoms with E-state index >= 15 is 0 Å². The number of hydrogen-bond acceptors (Lipinski definition) is 12. The van der Waals surface area contributed by atoms with E-state index in [4.69, 9.17) is 28.4 Å². The summed E-state index contributed by atoms with van der Waals surface area (Å²) in [5.41, 5.74) is 0.776. The molecular formula is C64H108N2O12. The standard InChI is InChI=1S/C64H108N2O12/c1-3-5-7-9-11-13-15-17-19-21-23-25-27-29-31-33-39-45-73-47-49-77-63(71)55-65(53-61(67)68)57-41-35-37-43-59(57)75-51-52-76-60-44-38-36-42-58(60)66(54-62(69)70)56-64(72)78-50-48-74-46-40-34-32-30-28-26-24-22-20-18-16-14-12-10-8-6-4-2/h35-38,41-44H,3-34,39-40,45-56H2,1-2H3,(H,67,68)(H,69,70). The molecule has 2 aromatic rings. The minimum absolute atomic E-state index is 0.0218. The maximum Gasteiger partial charge on any atom is 0.325 e. The van der Waals surface area contributed by atoms with E-state index in [1.807, 2.05) is 0 Å². The second-order valence-electron chi connectivity index (χ2n) is 21.1. The number of anilines is 2. The molecule has 0 amide bonds. The summed E-state index contributed by atoms with van der Waals surface area (Å²) in [6, 6.07) is 13.6. The Hall–Kier alpha value is -4.56. The molecule has 0 atom stereocenters. The zero-order valence-corrected chi connectivity index (χ0v) is 49.0. The molecule has 0 radical (unpaired) electrons. The zero-order chi connectivity index (χ0) is 56.2. The van der Waals surface area contributed by atoms with Crippen LogP contribution in [0.3, 0.4) is 0 Å². The number of rotatable bonds is 57. The summed E-state index contributed by atoms with van der Waals surface area (Å²) in [4.78, 5) is 52.4. The maximum absolute atomic E-state index is 12.9. The molecule has 0 heterocycles. The van der Waals surface area contributed by atoms with Gasteiger partial charge in [0.25, 0.3) is 0 Å². The Kier molecular flexibility index (Phi) is 45.2. The van der Waals surface area contributed by atoms with Crippen LogP contribution >= 0.6 is 0 Å². The van der Waals surface area contributed by atoms with Gasteiger partial charge in [-0.05, 0) is 37.1 Å². The Morgan fingerprint density at radius 2 is 0.603 bits per heavy atom. The van der Waals surface area contributed by atoms with Gasteiger partial charge < -0.3 is 48.4 Å². The van der Waals surface area contributed by atoms with E-state index in [0.29, 0.717) is 36.1 Å². The number of aliphatic carboxylic acids is 2. The van der Waals surface area contributed by atoms with Crippen LogP contribution in [0.4, 0.5) is 11.4 Å². The van der Waals surface area contributed by atoms with Gasteiger partial charge in [0.15, 0.2) is 0 Å². The summed E-state index contributed by atoms with van der Waals surface area (Å²) in [6.45, 7) is 4.88. The zero-order valence-electron chi connectivity index (χ0n) is 49.0. The van der Waals surface area contributed by atoms with Crippen molar-refractivity contribution in [2.75, 3.05) is 88.8 Å². The molecule has 2 rings (SSSR count). The van der Waals surface area contributed by atoms with Gasteiger partial charge in [0, 0.05) is 13.2 Å². The molecule has 0 saturated heterocycles. The van der Waals surface area contributed by atoms with Crippen molar-refractivity contribution in [3.63, 3.8) is 0 Å². The van der Waals surface area contributed by atoms with Gasteiger partial charge in [0.1, 0.15) is 64.1 Å². The van der Waals surface area contributed by atoms with E-state index in [2.05, 4.69) is 13.8 Å². The van der Waals surface area contributed by atoms with Gasteiger partial charge in [-0.3, -0.25) is 19.2 Å². The van der Waals surface area contributed by atoms with Crippen molar-refractivity contribution < 1.29 is 57.8 Å². The largest absolute Gasteiger partial charge is 0.488 e. The summed E-state index contributed by atoms with van der Waals surface area (Å²) in [5.74, 6) is -2.78. The van der Waals surface area contributed by atoms with E-state index < -0.39 is 37.0 Å². The van der Waals surface area contributed by atoms with E-state index in [9.17, 15) is 29.4 Å². The topological polar surface area (TPSA) is 171 Å². The monoisotopic (exact) mass is 1100 g/mol. The Morgan fingerprint density at radius 3 is 0.885 bits per heavy atom. The number of carboxylic acid groups (broad SMARTS) is 2. The molecule has 0 saturated carbocycles. The third-order valence-electron chi connectivity index (χ3n) is 14.1. The second kappa shape index (κ2) is 50.6. The number of unbranched alkanes of at least 4 members (excludes halogenated alkanes) is 32. The number of hydrogen-bond donors (Lipinski definition) is 2. The van der Waals surface area contributed by atoms with Crippen molar-refractivity contribution in [3.05, 3.63) is 48.5 Å². The Morgan fingerprint density at radius 1 is 0.333 bits per heavy atom. The lowest BCUT2D eigenvalue weighted by Crippen LogP contribution is -2.36. The summed E-state index contributed by atoms with van der Waals surface area (Å²) in [7, 11) is 0. The minimum atomic E-state index is -1.13. The highest BCUT2D eigenvalue weighted by Crippen LogP contribution is 2.30. The number of nitrogens with zero attached hydrogens (tertiary/aromatic N) is 2. The number of ether oxygens (including phenoxy) is 6. The van der Waals surface area contributed by atoms with Crippen molar-refractivity contribution >= 4 is 35.3 Å². The molecular weight excluding hydrogens is 989 g/mol. The Balaban J connectivity index is 1.63. The fourth-order valence-electron chi connectivity index (χ4n) is 9.66. The molecule has 14 heteroatoms. The van der Waals surface area contributed by atoms with Crippen LogP contribution < -0.4 is 19.3 Å². The fraction of sp³-hybridized carbons (Fsp3) is 0.750. The molecule has 2 aromatic carbocycles. The number of benzene rings is 2. The highest BCUT2D eigenvalue weighted by atomic mass is 16.6. The number of carboxylic acids is 2. The molecule has 0 spiro atoms. The van der Waals surface area contributed by atoms with Crippen molar-refractivity contribution in [2.45, 2.75) is 232 Å². The smallest absolute Gasteiger partial charge is 0.325 e. The molecule has 0 aliphatic rings. The first-order valence-electron chi connectivity index (χ1n) is 31.1. The predicted molar refractivity (Wildman–Crippen MR) is 315 cm³/mol. The van der Waals surface area contributed by atoms with Crippen LogP contribution in [0.15, 0.2) is 48.5 Å². The summed E-state index contributed by atoms with van der Waals surface area (Å²) in [6.07, 6.45) is 44.7. The summed E-state index contributed by atoms with van der Waals surface area (Å²) >= 11 is 0.